The zero-order valence-electron chi connectivity index (χ0n) is 10.5. The molecule has 0 aromatic carbocycles. The third kappa shape index (κ3) is 2.53. The molecule has 1 saturated carbocycles. The van der Waals surface area contributed by atoms with Crippen LogP contribution in [-0.4, -0.2) is 18.0 Å². The van der Waals surface area contributed by atoms with Crippen LogP contribution >= 0.6 is 11.3 Å². The Hall–Kier alpha value is -0.870. The molecule has 2 rings (SSSR count). The molecule has 1 unspecified atom stereocenters. The summed E-state index contributed by atoms with van der Waals surface area (Å²) in [6.07, 6.45) is 3.26. The molecule has 0 saturated heterocycles. The summed E-state index contributed by atoms with van der Waals surface area (Å²) < 4.78 is 0. The van der Waals surface area contributed by atoms with Gasteiger partial charge in [0, 0.05) is 6.54 Å². The molecule has 1 atom stereocenters. The second-order valence-corrected chi connectivity index (χ2v) is 5.89. The summed E-state index contributed by atoms with van der Waals surface area (Å²) in [4.78, 5) is 13.1. The molecule has 0 aliphatic heterocycles. The van der Waals surface area contributed by atoms with E-state index in [1.807, 2.05) is 11.4 Å². The smallest absolute Gasteiger partial charge is 0.262 e. The van der Waals surface area contributed by atoms with E-state index in [1.165, 1.54) is 24.2 Å². The van der Waals surface area contributed by atoms with Gasteiger partial charge in [-0.1, -0.05) is 6.92 Å². The maximum absolute atomic E-state index is 12.2. The minimum atomic E-state index is -0.230. The lowest BCUT2D eigenvalue weighted by atomic mass is 9.95. The highest BCUT2D eigenvalue weighted by Gasteiger charge is 2.41. The Morgan fingerprint density at radius 2 is 2.35 bits per heavy atom. The highest BCUT2D eigenvalue weighted by Crippen LogP contribution is 2.39. The van der Waals surface area contributed by atoms with Gasteiger partial charge < -0.3 is 11.1 Å². The van der Waals surface area contributed by atoms with Crippen molar-refractivity contribution < 1.29 is 4.79 Å². The van der Waals surface area contributed by atoms with Gasteiger partial charge in [0.15, 0.2) is 0 Å². The number of amides is 1. The minimum Gasteiger partial charge on any atom is -0.345 e. The zero-order valence-corrected chi connectivity index (χ0v) is 11.3. The number of nitrogens with two attached hydrogens (primary N) is 1. The van der Waals surface area contributed by atoms with E-state index in [9.17, 15) is 4.79 Å². The molecule has 0 spiro atoms. The normalized spacial score (nSPS) is 18.8. The summed E-state index contributed by atoms with van der Waals surface area (Å²) in [5.41, 5.74) is 6.71. The van der Waals surface area contributed by atoms with E-state index in [4.69, 9.17) is 5.73 Å². The molecular formula is C13H20N2OS. The predicted molar refractivity (Wildman–Crippen MR) is 71.3 cm³/mol. The van der Waals surface area contributed by atoms with Crippen LogP contribution in [0.2, 0.25) is 0 Å². The average Bonchev–Trinajstić information content (AvgIpc) is 3.07. The van der Waals surface area contributed by atoms with Crippen molar-refractivity contribution in [3.05, 3.63) is 21.9 Å². The molecule has 1 amide bonds. The standard InChI is InChI=1S/C13H20N2OS/c1-3-9-6-7-17-11(9)12(16)15-13(2,8-14)10-4-5-10/h6-7,10H,3-5,8,14H2,1-2H3,(H,15,16). The first-order valence-corrected chi connectivity index (χ1v) is 7.07. The van der Waals surface area contributed by atoms with Gasteiger partial charge in [-0.05, 0) is 49.1 Å². The van der Waals surface area contributed by atoms with Crippen molar-refractivity contribution >= 4 is 17.2 Å². The van der Waals surface area contributed by atoms with Crippen LogP contribution in [0.1, 0.15) is 41.9 Å². The Kier molecular flexibility index (Phi) is 3.54. The molecule has 1 fully saturated rings. The fourth-order valence-electron chi connectivity index (χ4n) is 2.17. The van der Waals surface area contributed by atoms with Crippen LogP contribution < -0.4 is 11.1 Å². The lowest BCUT2D eigenvalue weighted by Gasteiger charge is -2.29. The third-order valence-electron chi connectivity index (χ3n) is 3.64. The van der Waals surface area contributed by atoms with Gasteiger partial charge in [0.25, 0.3) is 5.91 Å². The van der Waals surface area contributed by atoms with Crippen molar-refractivity contribution in [3.63, 3.8) is 0 Å². The summed E-state index contributed by atoms with van der Waals surface area (Å²) in [5, 5.41) is 5.11. The van der Waals surface area contributed by atoms with Crippen LogP contribution in [-0.2, 0) is 6.42 Å². The first-order valence-electron chi connectivity index (χ1n) is 6.19. The number of thiophene rings is 1. The third-order valence-corrected chi connectivity index (χ3v) is 4.59. The second kappa shape index (κ2) is 4.78. The van der Waals surface area contributed by atoms with Crippen LogP contribution in [0.4, 0.5) is 0 Å². The van der Waals surface area contributed by atoms with Crippen molar-refractivity contribution in [2.75, 3.05) is 6.54 Å². The molecule has 1 aliphatic rings. The Balaban J connectivity index is 2.10. The monoisotopic (exact) mass is 252 g/mol. The van der Waals surface area contributed by atoms with Gasteiger partial charge in [0.1, 0.15) is 0 Å². The molecule has 3 nitrogen and oxygen atoms in total. The van der Waals surface area contributed by atoms with Crippen molar-refractivity contribution in [1.82, 2.24) is 5.32 Å². The van der Waals surface area contributed by atoms with Crippen LogP contribution in [0.3, 0.4) is 0 Å². The number of hydrogen-bond donors (Lipinski definition) is 2. The van der Waals surface area contributed by atoms with Crippen molar-refractivity contribution in [2.45, 2.75) is 38.6 Å². The number of carbonyl (C=O) groups excluding carboxylic acids is 1. The predicted octanol–water partition coefficient (Wildman–Crippen LogP) is 2.17. The number of carbonyl (C=O) groups is 1. The molecular weight excluding hydrogens is 232 g/mol. The van der Waals surface area contributed by atoms with E-state index < -0.39 is 0 Å². The van der Waals surface area contributed by atoms with Gasteiger partial charge in [-0.15, -0.1) is 11.3 Å². The maximum atomic E-state index is 12.2. The molecule has 1 aliphatic carbocycles. The lowest BCUT2D eigenvalue weighted by molar-refractivity contribution is 0.0901. The molecule has 0 bridgehead atoms. The number of rotatable bonds is 5. The molecule has 94 valence electrons. The second-order valence-electron chi connectivity index (χ2n) is 4.98. The molecule has 1 aromatic rings. The van der Waals surface area contributed by atoms with E-state index in [0.29, 0.717) is 12.5 Å². The summed E-state index contributed by atoms with van der Waals surface area (Å²) >= 11 is 1.51. The van der Waals surface area contributed by atoms with Crippen molar-refractivity contribution in [3.8, 4) is 0 Å². The fourth-order valence-corrected chi connectivity index (χ4v) is 3.06. The van der Waals surface area contributed by atoms with Gasteiger partial charge in [-0.2, -0.15) is 0 Å². The van der Waals surface area contributed by atoms with E-state index in [1.54, 1.807) is 0 Å². The van der Waals surface area contributed by atoms with Crippen molar-refractivity contribution in [1.29, 1.82) is 0 Å². The van der Waals surface area contributed by atoms with E-state index in [2.05, 4.69) is 19.2 Å². The van der Waals surface area contributed by atoms with Crippen molar-refractivity contribution in [2.24, 2.45) is 11.7 Å². The molecule has 4 heteroatoms. The topological polar surface area (TPSA) is 55.1 Å². The van der Waals surface area contributed by atoms with Crippen LogP contribution in [0, 0.1) is 5.92 Å². The van der Waals surface area contributed by atoms with Crippen LogP contribution in [0.25, 0.3) is 0 Å². The largest absolute Gasteiger partial charge is 0.345 e. The van der Waals surface area contributed by atoms with E-state index >= 15 is 0 Å². The Labute approximate surface area is 106 Å². The maximum Gasteiger partial charge on any atom is 0.262 e. The number of hydrogen-bond acceptors (Lipinski definition) is 3. The summed E-state index contributed by atoms with van der Waals surface area (Å²) in [5.74, 6) is 0.596. The molecule has 1 aromatic heterocycles. The molecule has 3 N–H and O–H groups in total. The Bertz CT molecular complexity index is 411. The van der Waals surface area contributed by atoms with Crippen LogP contribution in [0.15, 0.2) is 11.4 Å². The first kappa shape index (κ1) is 12.6. The van der Waals surface area contributed by atoms with Gasteiger partial charge in [-0.25, -0.2) is 0 Å². The quantitative estimate of drug-likeness (QED) is 0.844. The first-order chi connectivity index (χ1) is 8.10. The van der Waals surface area contributed by atoms with Gasteiger partial charge in [0.05, 0.1) is 10.4 Å². The molecule has 0 radical (unpaired) electrons. The lowest BCUT2D eigenvalue weighted by Crippen LogP contribution is -2.53. The molecule has 17 heavy (non-hydrogen) atoms. The molecule has 1 heterocycles. The zero-order chi connectivity index (χ0) is 12.5. The van der Waals surface area contributed by atoms with Gasteiger partial charge >= 0.3 is 0 Å². The SMILES string of the molecule is CCc1ccsc1C(=O)NC(C)(CN)C1CC1. The average molecular weight is 252 g/mol. The number of aryl methyl sites for hydroxylation is 1. The number of nitrogens with one attached hydrogen (secondary N) is 1. The fraction of sp³-hybridized carbons (Fsp3) is 0.615. The minimum absolute atomic E-state index is 0.0386. The highest BCUT2D eigenvalue weighted by molar-refractivity contribution is 7.12. The Morgan fingerprint density at radius 3 is 2.88 bits per heavy atom. The summed E-state index contributed by atoms with van der Waals surface area (Å²) in [6.45, 7) is 4.64. The van der Waals surface area contributed by atoms with Gasteiger partial charge in [0.2, 0.25) is 0 Å². The highest BCUT2D eigenvalue weighted by atomic mass is 32.1. The summed E-state index contributed by atoms with van der Waals surface area (Å²) in [7, 11) is 0. The van der Waals surface area contributed by atoms with Crippen LogP contribution in [0.5, 0.6) is 0 Å². The Morgan fingerprint density at radius 1 is 1.65 bits per heavy atom. The van der Waals surface area contributed by atoms with E-state index in [0.717, 1.165) is 16.9 Å². The van der Waals surface area contributed by atoms with E-state index in [-0.39, 0.29) is 11.4 Å². The van der Waals surface area contributed by atoms with Gasteiger partial charge in [-0.3, -0.25) is 4.79 Å². The summed E-state index contributed by atoms with van der Waals surface area (Å²) in [6, 6.07) is 2.02.